The Kier molecular flexibility index (Phi) is 1.96. The lowest BCUT2D eigenvalue weighted by Crippen LogP contribution is -2.12. The van der Waals surface area contributed by atoms with Gasteiger partial charge in [-0.25, -0.2) is 4.98 Å². The number of amidine groups is 1. The summed E-state index contributed by atoms with van der Waals surface area (Å²) in [6.45, 7) is 0. The van der Waals surface area contributed by atoms with E-state index in [1.807, 2.05) is 29.9 Å². The summed E-state index contributed by atoms with van der Waals surface area (Å²) in [6.07, 6.45) is 4.22. The van der Waals surface area contributed by atoms with Crippen molar-refractivity contribution in [3.05, 3.63) is 30.1 Å². The SMILES string of the molecule is Cn1cc(CC(=N)N)c2cccnc21. The molecule has 0 aliphatic carbocycles. The molecule has 14 heavy (non-hydrogen) atoms. The molecule has 0 fully saturated rings. The molecule has 0 spiro atoms. The van der Waals surface area contributed by atoms with Crippen LogP contribution in [-0.2, 0) is 13.5 Å². The first kappa shape index (κ1) is 8.74. The third-order valence-electron chi connectivity index (χ3n) is 2.20. The minimum absolute atomic E-state index is 0.182. The number of hydrogen-bond acceptors (Lipinski definition) is 2. The Hall–Kier alpha value is -1.84. The summed E-state index contributed by atoms with van der Waals surface area (Å²) >= 11 is 0. The van der Waals surface area contributed by atoms with Crippen LogP contribution in [0.4, 0.5) is 0 Å². The lowest BCUT2D eigenvalue weighted by molar-refractivity contribution is 0.942. The lowest BCUT2D eigenvalue weighted by atomic mass is 10.1. The fourth-order valence-corrected chi connectivity index (χ4v) is 1.64. The predicted octanol–water partition coefficient (Wildman–Crippen LogP) is 1.05. The molecule has 0 radical (unpaired) electrons. The molecule has 2 aromatic rings. The third kappa shape index (κ3) is 1.35. The summed E-state index contributed by atoms with van der Waals surface area (Å²) in [6, 6.07) is 3.90. The van der Waals surface area contributed by atoms with E-state index in [1.165, 1.54) is 0 Å². The molecule has 0 aliphatic rings. The number of pyridine rings is 1. The molecule has 4 heteroatoms. The van der Waals surface area contributed by atoms with Crippen molar-refractivity contribution in [1.29, 1.82) is 5.41 Å². The van der Waals surface area contributed by atoms with Crippen molar-refractivity contribution >= 4 is 16.9 Å². The van der Waals surface area contributed by atoms with Gasteiger partial charge >= 0.3 is 0 Å². The first-order valence-electron chi connectivity index (χ1n) is 4.40. The van der Waals surface area contributed by atoms with Gasteiger partial charge in [0, 0.05) is 31.2 Å². The standard InChI is InChI=1S/C10H12N4/c1-14-6-7(5-9(11)12)8-3-2-4-13-10(8)14/h2-4,6H,5H2,1H3,(H3,11,12). The highest BCUT2D eigenvalue weighted by molar-refractivity contribution is 5.87. The van der Waals surface area contributed by atoms with Gasteiger partial charge in [-0.05, 0) is 17.7 Å². The topological polar surface area (TPSA) is 67.7 Å². The fourth-order valence-electron chi connectivity index (χ4n) is 1.64. The lowest BCUT2D eigenvalue weighted by Gasteiger charge is -1.95. The zero-order valence-corrected chi connectivity index (χ0v) is 7.99. The number of hydrogen-bond donors (Lipinski definition) is 2. The number of nitrogens with two attached hydrogens (primary N) is 1. The highest BCUT2D eigenvalue weighted by atomic mass is 15.0. The third-order valence-corrected chi connectivity index (χ3v) is 2.20. The molecular weight excluding hydrogens is 176 g/mol. The highest BCUT2D eigenvalue weighted by Gasteiger charge is 2.06. The first-order chi connectivity index (χ1) is 6.68. The maximum absolute atomic E-state index is 7.26. The van der Waals surface area contributed by atoms with Crippen LogP contribution in [0.25, 0.3) is 11.0 Å². The van der Waals surface area contributed by atoms with Gasteiger partial charge in [-0.3, -0.25) is 5.41 Å². The molecule has 4 nitrogen and oxygen atoms in total. The molecule has 2 aromatic heterocycles. The van der Waals surface area contributed by atoms with Crippen LogP contribution in [0.3, 0.4) is 0 Å². The molecule has 0 aliphatic heterocycles. The van der Waals surface area contributed by atoms with Gasteiger partial charge in [0.2, 0.25) is 0 Å². The number of rotatable bonds is 2. The van der Waals surface area contributed by atoms with Gasteiger partial charge in [0.05, 0.1) is 5.84 Å². The molecule has 0 saturated carbocycles. The van der Waals surface area contributed by atoms with Crippen molar-refractivity contribution in [3.8, 4) is 0 Å². The largest absolute Gasteiger partial charge is 0.387 e. The quantitative estimate of drug-likeness (QED) is 0.546. The van der Waals surface area contributed by atoms with E-state index in [-0.39, 0.29) is 5.84 Å². The van der Waals surface area contributed by atoms with E-state index in [2.05, 4.69) is 4.98 Å². The van der Waals surface area contributed by atoms with Gasteiger partial charge in [-0.2, -0.15) is 0 Å². The summed E-state index contributed by atoms with van der Waals surface area (Å²) in [5, 5.41) is 8.34. The fraction of sp³-hybridized carbons (Fsp3) is 0.200. The van der Waals surface area contributed by atoms with Crippen LogP contribution in [0.2, 0.25) is 0 Å². The monoisotopic (exact) mass is 188 g/mol. The summed E-state index contributed by atoms with van der Waals surface area (Å²) in [7, 11) is 1.94. The van der Waals surface area contributed by atoms with Crippen LogP contribution in [0.1, 0.15) is 5.56 Å². The zero-order chi connectivity index (χ0) is 10.1. The molecule has 2 rings (SSSR count). The molecule has 0 atom stereocenters. The number of aryl methyl sites for hydroxylation is 1. The summed E-state index contributed by atoms with van der Waals surface area (Å²) in [4.78, 5) is 4.26. The average Bonchev–Trinajstić information content (AvgIpc) is 2.44. The van der Waals surface area contributed by atoms with E-state index in [1.54, 1.807) is 6.20 Å². The minimum atomic E-state index is 0.182. The number of fused-ring (bicyclic) bond motifs is 1. The van der Waals surface area contributed by atoms with Crippen molar-refractivity contribution in [2.75, 3.05) is 0 Å². The Bertz CT molecular complexity index is 484. The van der Waals surface area contributed by atoms with E-state index in [0.29, 0.717) is 6.42 Å². The number of nitrogens with zero attached hydrogens (tertiary/aromatic N) is 2. The summed E-state index contributed by atoms with van der Waals surface area (Å²) in [5.74, 6) is 0.182. The molecule has 0 unspecified atom stereocenters. The normalized spacial score (nSPS) is 10.6. The van der Waals surface area contributed by atoms with E-state index in [9.17, 15) is 0 Å². The molecule has 3 N–H and O–H groups in total. The Balaban J connectivity index is 2.60. The van der Waals surface area contributed by atoms with E-state index in [4.69, 9.17) is 11.1 Å². The zero-order valence-electron chi connectivity index (χ0n) is 7.99. The second-order valence-corrected chi connectivity index (χ2v) is 3.34. The van der Waals surface area contributed by atoms with E-state index < -0.39 is 0 Å². The second kappa shape index (κ2) is 3.14. The van der Waals surface area contributed by atoms with Crippen LogP contribution < -0.4 is 5.73 Å². The van der Waals surface area contributed by atoms with Crippen molar-refractivity contribution < 1.29 is 0 Å². The van der Waals surface area contributed by atoms with Crippen molar-refractivity contribution in [1.82, 2.24) is 9.55 Å². The van der Waals surface area contributed by atoms with E-state index in [0.717, 1.165) is 16.6 Å². The second-order valence-electron chi connectivity index (χ2n) is 3.34. The highest BCUT2D eigenvalue weighted by Crippen LogP contribution is 2.18. The van der Waals surface area contributed by atoms with Crippen LogP contribution in [0, 0.1) is 5.41 Å². The number of nitrogens with one attached hydrogen (secondary N) is 1. The van der Waals surface area contributed by atoms with Crippen molar-refractivity contribution in [2.24, 2.45) is 12.8 Å². The van der Waals surface area contributed by atoms with Crippen LogP contribution >= 0.6 is 0 Å². The van der Waals surface area contributed by atoms with Crippen LogP contribution in [-0.4, -0.2) is 15.4 Å². The molecule has 2 heterocycles. The van der Waals surface area contributed by atoms with Crippen LogP contribution in [0.15, 0.2) is 24.5 Å². The molecular formula is C10H12N4. The Morgan fingerprint density at radius 1 is 1.64 bits per heavy atom. The molecule has 72 valence electrons. The van der Waals surface area contributed by atoms with Gasteiger partial charge < -0.3 is 10.3 Å². The summed E-state index contributed by atoms with van der Waals surface area (Å²) in [5.41, 5.74) is 7.37. The predicted molar refractivity (Wildman–Crippen MR) is 56.3 cm³/mol. The smallest absolute Gasteiger partial charge is 0.139 e. The van der Waals surface area contributed by atoms with Crippen LogP contribution in [0.5, 0.6) is 0 Å². The summed E-state index contributed by atoms with van der Waals surface area (Å²) < 4.78 is 1.95. The van der Waals surface area contributed by atoms with Gasteiger partial charge in [-0.1, -0.05) is 0 Å². The maximum Gasteiger partial charge on any atom is 0.139 e. The Morgan fingerprint density at radius 3 is 3.14 bits per heavy atom. The van der Waals surface area contributed by atoms with Gasteiger partial charge in [0.1, 0.15) is 5.65 Å². The molecule has 0 bridgehead atoms. The molecule has 0 saturated heterocycles. The van der Waals surface area contributed by atoms with Gasteiger partial charge in [0.25, 0.3) is 0 Å². The van der Waals surface area contributed by atoms with Crippen molar-refractivity contribution in [2.45, 2.75) is 6.42 Å². The van der Waals surface area contributed by atoms with Crippen molar-refractivity contribution in [3.63, 3.8) is 0 Å². The maximum atomic E-state index is 7.26. The minimum Gasteiger partial charge on any atom is -0.387 e. The van der Waals surface area contributed by atoms with Gasteiger partial charge in [0.15, 0.2) is 0 Å². The van der Waals surface area contributed by atoms with E-state index >= 15 is 0 Å². The Morgan fingerprint density at radius 2 is 2.43 bits per heavy atom. The molecule has 0 amide bonds. The number of aromatic nitrogens is 2. The Labute approximate surface area is 81.9 Å². The first-order valence-corrected chi connectivity index (χ1v) is 4.40. The molecule has 0 aromatic carbocycles. The van der Waals surface area contributed by atoms with Gasteiger partial charge in [-0.15, -0.1) is 0 Å². The average molecular weight is 188 g/mol.